The second-order valence-corrected chi connectivity index (χ2v) is 8.82. The van der Waals surface area contributed by atoms with Gasteiger partial charge in [0.15, 0.2) is 0 Å². The Morgan fingerprint density at radius 3 is 2.71 bits per heavy atom. The van der Waals surface area contributed by atoms with Gasteiger partial charge in [0, 0.05) is 42.1 Å². The lowest BCUT2D eigenvalue weighted by molar-refractivity contribution is 0.252. The predicted molar refractivity (Wildman–Crippen MR) is 113 cm³/mol. The number of hydrogen-bond acceptors (Lipinski definition) is 3. The maximum Gasteiger partial charge on any atom is 0.0678 e. The van der Waals surface area contributed by atoms with Crippen molar-refractivity contribution in [1.82, 2.24) is 24.9 Å². The molecule has 1 aliphatic rings. The van der Waals surface area contributed by atoms with E-state index in [1.54, 1.807) is 0 Å². The fraction of sp³-hybridized carbons (Fsp3) is 0.478. The lowest BCUT2D eigenvalue weighted by atomic mass is 9.74. The summed E-state index contributed by atoms with van der Waals surface area (Å²) in [6.07, 6.45) is 6.38. The van der Waals surface area contributed by atoms with E-state index in [9.17, 15) is 0 Å². The normalized spacial score (nSPS) is 18.2. The lowest BCUT2D eigenvalue weighted by Gasteiger charge is -2.36. The Bertz CT molecular complexity index is 979. The summed E-state index contributed by atoms with van der Waals surface area (Å²) in [6, 6.07) is 8.80. The van der Waals surface area contributed by atoms with Crippen LogP contribution in [0.15, 0.2) is 36.7 Å². The topological polar surface area (TPSA) is 47.7 Å². The number of aromatic nitrogens is 4. The number of benzene rings is 1. The van der Waals surface area contributed by atoms with Gasteiger partial charge in [-0.2, -0.15) is 10.2 Å². The van der Waals surface area contributed by atoms with Gasteiger partial charge in [0.25, 0.3) is 0 Å². The molecule has 0 saturated carbocycles. The molecule has 0 saturated heterocycles. The molecule has 1 N–H and O–H groups in total. The zero-order chi connectivity index (χ0) is 19.9. The maximum absolute atomic E-state index is 4.79. The largest absolute Gasteiger partial charge is 0.306 e. The van der Waals surface area contributed by atoms with Crippen molar-refractivity contribution in [1.29, 1.82) is 0 Å². The van der Waals surface area contributed by atoms with Gasteiger partial charge >= 0.3 is 0 Å². The van der Waals surface area contributed by atoms with Crippen molar-refractivity contribution in [2.45, 2.75) is 66.6 Å². The fourth-order valence-corrected chi connectivity index (χ4v) is 4.36. The molecule has 3 aromatic rings. The summed E-state index contributed by atoms with van der Waals surface area (Å²) < 4.78 is 4.17. The molecule has 0 radical (unpaired) electrons. The van der Waals surface area contributed by atoms with Crippen molar-refractivity contribution in [3.05, 3.63) is 64.7 Å². The summed E-state index contributed by atoms with van der Waals surface area (Å²) in [4.78, 5) is 0. The molecule has 5 heteroatoms. The van der Waals surface area contributed by atoms with Gasteiger partial charge < -0.3 is 5.32 Å². The van der Waals surface area contributed by atoms with Crippen molar-refractivity contribution in [2.75, 3.05) is 0 Å². The van der Waals surface area contributed by atoms with E-state index >= 15 is 0 Å². The highest BCUT2D eigenvalue weighted by molar-refractivity contribution is 5.43. The molecule has 2 aromatic heterocycles. The minimum Gasteiger partial charge on any atom is -0.306 e. The predicted octanol–water partition coefficient (Wildman–Crippen LogP) is 4.51. The van der Waals surface area contributed by atoms with Crippen molar-refractivity contribution < 1.29 is 0 Å². The zero-order valence-electron chi connectivity index (χ0n) is 17.7. The smallest absolute Gasteiger partial charge is 0.0678 e. The number of para-hydroxylation sites is 1. The number of fused-ring (bicyclic) bond motifs is 1. The molecule has 2 heterocycles. The van der Waals surface area contributed by atoms with Gasteiger partial charge in [0.1, 0.15) is 0 Å². The average molecular weight is 378 g/mol. The molecule has 1 aliphatic carbocycles. The molecule has 5 nitrogen and oxygen atoms in total. The average Bonchev–Trinajstić information content (AvgIpc) is 3.22. The maximum atomic E-state index is 4.79. The van der Waals surface area contributed by atoms with E-state index in [2.05, 4.69) is 86.4 Å². The van der Waals surface area contributed by atoms with Crippen LogP contribution in [0.2, 0.25) is 0 Å². The van der Waals surface area contributed by atoms with E-state index in [-0.39, 0.29) is 5.41 Å². The molecular weight excluding hydrogens is 346 g/mol. The second-order valence-electron chi connectivity index (χ2n) is 8.82. The van der Waals surface area contributed by atoms with Crippen LogP contribution in [0, 0.1) is 19.3 Å². The first-order chi connectivity index (χ1) is 13.4. The molecule has 0 fully saturated rings. The summed E-state index contributed by atoms with van der Waals surface area (Å²) in [6.45, 7) is 12.8. The van der Waals surface area contributed by atoms with Crippen LogP contribution < -0.4 is 5.32 Å². The van der Waals surface area contributed by atoms with Crippen molar-refractivity contribution >= 4 is 0 Å². The Labute approximate surface area is 167 Å². The SMILES string of the molecule is CCn1cc(CNC2CC(C)(C)Cc3c2cnn3-c2ccccc2C)c(C)n1. The molecule has 0 aliphatic heterocycles. The van der Waals surface area contributed by atoms with Crippen LogP contribution in [-0.4, -0.2) is 19.6 Å². The van der Waals surface area contributed by atoms with Gasteiger partial charge in [-0.1, -0.05) is 32.0 Å². The third kappa shape index (κ3) is 3.51. The minimum atomic E-state index is 0.230. The van der Waals surface area contributed by atoms with Crippen LogP contribution in [0.25, 0.3) is 5.69 Å². The van der Waals surface area contributed by atoms with Crippen LogP contribution in [0.4, 0.5) is 0 Å². The van der Waals surface area contributed by atoms with E-state index in [1.165, 1.54) is 28.1 Å². The molecule has 0 amide bonds. The highest BCUT2D eigenvalue weighted by atomic mass is 15.3. The zero-order valence-corrected chi connectivity index (χ0v) is 17.7. The van der Waals surface area contributed by atoms with E-state index in [4.69, 9.17) is 5.10 Å². The van der Waals surface area contributed by atoms with Gasteiger partial charge in [-0.05, 0) is 50.7 Å². The number of rotatable bonds is 5. The summed E-state index contributed by atoms with van der Waals surface area (Å²) in [5.74, 6) is 0. The van der Waals surface area contributed by atoms with Crippen molar-refractivity contribution in [3.63, 3.8) is 0 Å². The number of aryl methyl sites for hydroxylation is 3. The Kier molecular flexibility index (Phi) is 4.88. The monoisotopic (exact) mass is 377 g/mol. The Morgan fingerprint density at radius 1 is 1.21 bits per heavy atom. The van der Waals surface area contributed by atoms with E-state index in [0.717, 1.165) is 31.6 Å². The fourth-order valence-electron chi connectivity index (χ4n) is 4.36. The Morgan fingerprint density at radius 2 is 2.00 bits per heavy atom. The summed E-state index contributed by atoms with van der Waals surface area (Å²) in [5.41, 5.74) is 7.72. The quantitative estimate of drug-likeness (QED) is 0.712. The minimum absolute atomic E-state index is 0.230. The van der Waals surface area contributed by atoms with E-state index in [0.29, 0.717) is 6.04 Å². The molecule has 28 heavy (non-hydrogen) atoms. The van der Waals surface area contributed by atoms with Crippen molar-refractivity contribution in [2.24, 2.45) is 5.41 Å². The van der Waals surface area contributed by atoms with Crippen molar-refractivity contribution in [3.8, 4) is 5.69 Å². The van der Waals surface area contributed by atoms with E-state index in [1.807, 2.05) is 4.68 Å². The van der Waals surface area contributed by atoms with Gasteiger partial charge in [0.05, 0.1) is 17.6 Å². The number of nitrogens with zero attached hydrogens (tertiary/aromatic N) is 4. The first-order valence-corrected chi connectivity index (χ1v) is 10.3. The van der Waals surface area contributed by atoms with Crippen LogP contribution in [-0.2, 0) is 19.5 Å². The standard InChI is InChI=1S/C23H31N5/c1-6-27-15-18(17(3)26-27)13-24-20-11-23(4,5)12-22-19(20)14-25-28(22)21-10-8-7-9-16(21)2/h7-10,14-15,20,24H,6,11-13H2,1-5H3. The molecule has 1 atom stereocenters. The number of nitrogens with one attached hydrogen (secondary N) is 1. The molecule has 1 unspecified atom stereocenters. The van der Waals surface area contributed by atoms with Crippen LogP contribution in [0.1, 0.15) is 61.3 Å². The molecule has 4 rings (SSSR count). The molecule has 148 valence electrons. The van der Waals surface area contributed by atoms with Gasteiger partial charge in [-0.15, -0.1) is 0 Å². The van der Waals surface area contributed by atoms with Crippen LogP contribution >= 0.6 is 0 Å². The molecular formula is C23H31N5. The Balaban J connectivity index is 1.64. The second kappa shape index (κ2) is 7.21. The van der Waals surface area contributed by atoms with E-state index < -0.39 is 0 Å². The lowest BCUT2D eigenvalue weighted by Crippen LogP contribution is -2.33. The third-order valence-corrected chi connectivity index (χ3v) is 5.93. The first kappa shape index (κ1) is 18.9. The van der Waals surface area contributed by atoms with Crippen LogP contribution in [0.5, 0.6) is 0 Å². The molecule has 0 spiro atoms. The summed E-state index contributed by atoms with van der Waals surface area (Å²) in [5, 5.41) is 13.2. The highest BCUT2D eigenvalue weighted by Crippen LogP contribution is 2.41. The highest BCUT2D eigenvalue weighted by Gasteiger charge is 2.35. The van der Waals surface area contributed by atoms with Gasteiger partial charge in [-0.25, -0.2) is 4.68 Å². The van der Waals surface area contributed by atoms with Crippen LogP contribution in [0.3, 0.4) is 0 Å². The van der Waals surface area contributed by atoms with Gasteiger partial charge in [0.2, 0.25) is 0 Å². The summed E-state index contributed by atoms with van der Waals surface area (Å²) in [7, 11) is 0. The summed E-state index contributed by atoms with van der Waals surface area (Å²) >= 11 is 0. The number of hydrogen-bond donors (Lipinski definition) is 1. The Hall–Kier alpha value is -2.40. The van der Waals surface area contributed by atoms with Gasteiger partial charge in [-0.3, -0.25) is 4.68 Å². The first-order valence-electron chi connectivity index (χ1n) is 10.3. The third-order valence-electron chi connectivity index (χ3n) is 5.93. The molecule has 0 bridgehead atoms. The molecule has 1 aromatic carbocycles.